The van der Waals surface area contributed by atoms with Gasteiger partial charge in [0.2, 0.25) is 0 Å². The Morgan fingerprint density at radius 3 is 2.37 bits per heavy atom. The van der Waals surface area contributed by atoms with Gasteiger partial charge in [-0.2, -0.15) is 17.9 Å². The summed E-state index contributed by atoms with van der Waals surface area (Å²) in [5.74, 6) is -0.791. The van der Waals surface area contributed by atoms with Crippen LogP contribution >= 0.6 is 11.6 Å². The minimum absolute atomic E-state index is 0.0295. The van der Waals surface area contributed by atoms with E-state index in [1.54, 1.807) is 27.7 Å². The fraction of sp³-hybridized carbons (Fsp3) is 0.375. The predicted octanol–water partition coefficient (Wildman–Crippen LogP) is 4.29. The summed E-state index contributed by atoms with van der Waals surface area (Å²) in [4.78, 5) is 27.5. The lowest BCUT2D eigenvalue weighted by Gasteiger charge is -2.18. The SMILES string of the molecule is Cc1cn(C(=O)OC(C)(C)C)nc1NC(=O)c1ccc(C(F)(F)F)nc1Cl. The molecule has 0 atom stereocenters. The standard InChI is InChI=1S/C16H16ClF3N4O3/c1-8-7-24(14(26)27-15(2,3)4)23-12(8)22-13(25)9-5-6-10(16(18,19)20)21-11(9)17/h5-7H,1-4H3,(H,22,23,25). The predicted molar refractivity (Wildman–Crippen MR) is 90.8 cm³/mol. The van der Waals surface area contributed by atoms with Gasteiger partial charge in [0.05, 0.1) is 5.56 Å². The molecule has 0 aliphatic carbocycles. The maximum absolute atomic E-state index is 12.6. The van der Waals surface area contributed by atoms with E-state index in [4.69, 9.17) is 16.3 Å². The molecule has 0 bridgehead atoms. The zero-order chi connectivity index (χ0) is 20.6. The number of amides is 1. The van der Waals surface area contributed by atoms with E-state index >= 15 is 0 Å². The highest BCUT2D eigenvalue weighted by atomic mass is 35.5. The summed E-state index contributed by atoms with van der Waals surface area (Å²) in [5.41, 5.74) is -1.78. The Labute approximate surface area is 157 Å². The number of halogens is 4. The molecule has 2 aromatic heterocycles. The van der Waals surface area contributed by atoms with Gasteiger partial charge >= 0.3 is 12.3 Å². The van der Waals surface area contributed by atoms with Crippen molar-refractivity contribution < 1.29 is 27.5 Å². The Morgan fingerprint density at radius 1 is 1.22 bits per heavy atom. The van der Waals surface area contributed by atoms with E-state index in [-0.39, 0.29) is 11.4 Å². The number of ether oxygens (including phenoxy) is 1. The first-order chi connectivity index (χ1) is 12.3. The van der Waals surface area contributed by atoms with Gasteiger partial charge in [-0.25, -0.2) is 9.78 Å². The van der Waals surface area contributed by atoms with Crippen molar-refractivity contribution in [1.29, 1.82) is 0 Å². The van der Waals surface area contributed by atoms with Crippen molar-refractivity contribution in [3.05, 3.63) is 40.3 Å². The van der Waals surface area contributed by atoms with Crippen molar-refractivity contribution >= 4 is 29.4 Å². The first-order valence-corrected chi connectivity index (χ1v) is 8.00. The maximum Gasteiger partial charge on any atom is 0.435 e. The number of hydrogen-bond acceptors (Lipinski definition) is 5. The summed E-state index contributed by atoms with van der Waals surface area (Å²) >= 11 is 5.69. The Hall–Kier alpha value is -2.62. The van der Waals surface area contributed by atoms with Crippen LogP contribution in [0.1, 0.15) is 42.4 Å². The minimum Gasteiger partial charge on any atom is -0.442 e. The maximum atomic E-state index is 12.6. The zero-order valence-electron chi connectivity index (χ0n) is 14.8. The van der Waals surface area contributed by atoms with Crippen LogP contribution in [0.15, 0.2) is 18.3 Å². The number of aryl methyl sites for hydroxylation is 1. The summed E-state index contributed by atoms with van der Waals surface area (Å²) in [6, 6.07) is 1.56. The van der Waals surface area contributed by atoms with Crippen molar-refractivity contribution in [3.63, 3.8) is 0 Å². The number of pyridine rings is 1. The fourth-order valence-corrected chi connectivity index (χ4v) is 2.16. The quantitative estimate of drug-likeness (QED) is 0.754. The zero-order valence-corrected chi connectivity index (χ0v) is 15.6. The summed E-state index contributed by atoms with van der Waals surface area (Å²) in [6.07, 6.45) is -4.09. The molecule has 0 aliphatic heterocycles. The van der Waals surface area contributed by atoms with E-state index < -0.39 is 34.6 Å². The molecule has 0 saturated heterocycles. The minimum atomic E-state index is -4.68. The van der Waals surface area contributed by atoms with E-state index in [2.05, 4.69) is 15.4 Å². The first kappa shape index (κ1) is 20.7. The monoisotopic (exact) mass is 404 g/mol. The Morgan fingerprint density at radius 2 is 1.85 bits per heavy atom. The molecule has 2 heterocycles. The second kappa shape index (κ2) is 7.18. The van der Waals surface area contributed by atoms with Crippen molar-refractivity contribution in [2.24, 2.45) is 0 Å². The molecule has 2 aromatic rings. The molecule has 1 amide bonds. The van der Waals surface area contributed by atoms with E-state index in [0.29, 0.717) is 11.6 Å². The van der Waals surface area contributed by atoms with Crippen LogP contribution < -0.4 is 5.32 Å². The van der Waals surface area contributed by atoms with E-state index in [1.165, 1.54) is 6.20 Å². The lowest BCUT2D eigenvalue weighted by molar-refractivity contribution is -0.141. The van der Waals surface area contributed by atoms with Gasteiger partial charge in [0, 0.05) is 11.8 Å². The molecule has 146 valence electrons. The summed E-state index contributed by atoms with van der Waals surface area (Å²) in [5, 5.41) is 5.69. The molecule has 7 nitrogen and oxygen atoms in total. The molecule has 0 aliphatic rings. The third-order valence-electron chi connectivity index (χ3n) is 3.09. The van der Waals surface area contributed by atoms with Gasteiger partial charge in [-0.3, -0.25) is 4.79 Å². The van der Waals surface area contributed by atoms with Crippen LogP contribution in [0, 0.1) is 6.92 Å². The number of hydrogen-bond donors (Lipinski definition) is 1. The second-order valence-electron chi connectivity index (χ2n) is 6.57. The van der Waals surface area contributed by atoms with Crippen molar-refractivity contribution in [3.8, 4) is 0 Å². The van der Waals surface area contributed by atoms with Gasteiger partial charge in [0.15, 0.2) is 5.82 Å². The number of carbonyl (C=O) groups excluding carboxylic acids is 2. The number of carbonyl (C=O) groups is 2. The highest BCUT2D eigenvalue weighted by Gasteiger charge is 2.33. The average molecular weight is 405 g/mol. The Bertz CT molecular complexity index is 888. The Balaban J connectivity index is 2.20. The molecule has 0 saturated carbocycles. The largest absolute Gasteiger partial charge is 0.442 e. The van der Waals surface area contributed by atoms with Gasteiger partial charge < -0.3 is 10.1 Å². The molecule has 0 unspecified atom stereocenters. The molecule has 0 spiro atoms. The van der Waals surface area contributed by atoms with Crippen LogP contribution in [0.3, 0.4) is 0 Å². The number of aromatic nitrogens is 3. The van der Waals surface area contributed by atoms with Gasteiger partial charge in [0.25, 0.3) is 5.91 Å². The number of nitrogens with zero attached hydrogens (tertiary/aromatic N) is 3. The van der Waals surface area contributed by atoms with Crippen molar-refractivity contribution in [2.75, 3.05) is 5.32 Å². The van der Waals surface area contributed by atoms with E-state index in [9.17, 15) is 22.8 Å². The van der Waals surface area contributed by atoms with Crippen molar-refractivity contribution in [2.45, 2.75) is 39.5 Å². The molecule has 0 aromatic carbocycles. The molecule has 11 heteroatoms. The van der Waals surface area contributed by atoms with Crippen LogP contribution in [0.25, 0.3) is 0 Å². The lowest BCUT2D eigenvalue weighted by atomic mass is 10.2. The highest BCUT2D eigenvalue weighted by molar-refractivity contribution is 6.33. The summed E-state index contributed by atoms with van der Waals surface area (Å²) in [6.45, 7) is 6.63. The third kappa shape index (κ3) is 5.19. The van der Waals surface area contributed by atoms with Crippen LogP contribution in [0.2, 0.25) is 5.15 Å². The van der Waals surface area contributed by atoms with Crippen LogP contribution in [0.4, 0.5) is 23.8 Å². The first-order valence-electron chi connectivity index (χ1n) is 7.62. The van der Waals surface area contributed by atoms with Gasteiger partial charge in [-0.1, -0.05) is 11.6 Å². The Kier molecular flexibility index (Phi) is 5.50. The highest BCUT2D eigenvalue weighted by Crippen LogP contribution is 2.29. The van der Waals surface area contributed by atoms with Gasteiger partial charge in [-0.15, -0.1) is 5.10 Å². The summed E-state index contributed by atoms with van der Waals surface area (Å²) in [7, 11) is 0. The smallest absolute Gasteiger partial charge is 0.435 e. The van der Waals surface area contributed by atoms with Crippen LogP contribution in [-0.4, -0.2) is 32.4 Å². The molecule has 0 fully saturated rings. The van der Waals surface area contributed by atoms with Crippen molar-refractivity contribution in [1.82, 2.24) is 14.8 Å². The van der Waals surface area contributed by atoms with E-state index in [0.717, 1.165) is 10.7 Å². The topological polar surface area (TPSA) is 86.1 Å². The number of alkyl halides is 3. The fourth-order valence-electron chi connectivity index (χ4n) is 1.92. The second-order valence-corrected chi connectivity index (χ2v) is 6.93. The molecule has 2 rings (SSSR count). The molecule has 0 radical (unpaired) electrons. The lowest BCUT2D eigenvalue weighted by Crippen LogP contribution is -2.27. The number of nitrogens with one attached hydrogen (secondary N) is 1. The van der Waals surface area contributed by atoms with Gasteiger partial charge in [-0.05, 0) is 39.8 Å². The number of anilines is 1. The molecular formula is C16H16ClF3N4O3. The average Bonchev–Trinajstić information content (AvgIpc) is 2.85. The third-order valence-corrected chi connectivity index (χ3v) is 3.38. The van der Waals surface area contributed by atoms with Crippen LogP contribution in [-0.2, 0) is 10.9 Å². The van der Waals surface area contributed by atoms with Crippen LogP contribution in [0.5, 0.6) is 0 Å². The molecular weight excluding hydrogens is 389 g/mol. The van der Waals surface area contributed by atoms with Gasteiger partial charge in [0.1, 0.15) is 16.4 Å². The molecule has 27 heavy (non-hydrogen) atoms. The number of rotatable bonds is 2. The normalized spacial score (nSPS) is 12.0. The van der Waals surface area contributed by atoms with E-state index in [1.807, 2.05) is 0 Å². The summed E-state index contributed by atoms with van der Waals surface area (Å²) < 4.78 is 43.9. The molecule has 1 N–H and O–H groups in total.